The van der Waals surface area contributed by atoms with Gasteiger partial charge in [0, 0.05) is 27.7 Å². The summed E-state index contributed by atoms with van der Waals surface area (Å²) in [7, 11) is 4.86. The van der Waals surface area contributed by atoms with Gasteiger partial charge in [-0.05, 0) is 6.42 Å². The number of carbonyl (C=O) groups excluding carboxylic acids is 1. The predicted molar refractivity (Wildman–Crippen MR) is 82.6 cm³/mol. The zero-order valence-electron chi connectivity index (χ0n) is 13.0. The van der Waals surface area contributed by atoms with Gasteiger partial charge in [0.15, 0.2) is 0 Å². The van der Waals surface area contributed by atoms with Crippen molar-refractivity contribution in [1.29, 1.82) is 0 Å². The van der Waals surface area contributed by atoms with Crippen molar-refractivity contribution in [3.8, 4) is 0 Å². The van der Waals surface area contributed by atoms with Gasteiger partial charge in [-0.3, -0.25) is 19.1 Å². The summed E-state index contributed by atoms with van der Waals surface area (Å²) in [6, 6.07) is 0. The molecule has 0 aliphatic carbocycles. The van der Waals surface area contributed by atoms with Crippen LogP contribution in [-0.2, 0) is 11.3 Å². The van der Waals surface area contributed by atoms with Crippen LogP contribution in [0.3, 0.4) is 0 Å². The second kappa shape index (κ2) is 6.96. The normalized spacial score (nSPS) is 10.5. The van der Waals surface area contributed by atoms with Crippen LogP contribution in [0.25, 0.3) is 0 Å². The molecule has 0 fully saturated rings. The maximum Gasteiger partial charge on any atom is 0.330 e. The minimum absolute atomic E-state index is 0.00621. The summed E-state index contributed by atoms with van der Waals surface area (Å²) < 4.78 is 1.33. The highest BCUT2D eigenvalue weighted by Gasteiger charge is 2.18. The van der Waals surface area contributed by atoms with Gasteiger partial charge in [0.05, 0.1) is 6.54 Å². The number of rotatable bonds is 6. The fraction of sp³-hybridized carbons (Fsp3) is 0.615. The molecule has 21 heavy (non-hydrogen) atoms. The number of amides is 1. The van der Waals surface area contributed by atoms with Gasteiger partial charge < -0.3 is 15.5 Å². The number of H-pyrrole nitrogens is 1. The fourth-order valence-electron chi connectivity index (χ4n) is 1.91. The van der Waals surface area contributed by atoms with Gasteiger partial charge >= 0.3 is 5.69 Å². The Morgan fingerprint density at radius 3 is 2.43 bits per heavy atom. The summed E-state index contributed by atoms with van der Waals surface area (Å²) in [6.07, 6.45) is 1.67. The van der Waals surface area contributed by atoms with E-state index in [1.54, 1.807) is 21.1 Å². The number of unbranched alkanes of at least 4 members (excludes halogenated alkanes) is 1. The Kier molecular flexibility index (Phi) is 5.57. The molecule has 0 saturated heterocycles. The first-order valence-corrected chi connectivity index (χ1v) is 6.83. The standard InChI is InChI=1S/C13H23N5O3/c1-5-6-7-18-11(14)10(12(20)15-13(18)21)17(4)8-9(19)16(2)3/h5-8,14H2,1-4H3,(H,15,20,21). The third-order valence-corrected chi connectivity index (χ3v) is 3.20. The van der Waals surface area contributed by atoms with E-state index in [1.807, 2.05) is 6.92 Å². The number of aromatic nitrogens is 2. The van der Waals surface area contributed by atoms with E-state index < -0.39 is 11.2 Å². The zero-order chi connectivity index (χ0) is 16.2. The van der Waals surface area contributed by atoms with Gasteiger partial charge in [-0.15, -0.1) is 0 Å². The zero-order valence-corrected chi connectivity index (χ0v) is 13.0. The molecule has 0 saturated carbocycles. The Bertz CT molecular complexity index is 617. The Balaban J connectivity index is 3.20. The third-order valence-electron chi connectivity index (χ3n) is 3.20. The number of hydrogen-bond acceptors (Lipinski definition) is 5. The molecule has 1 aromatic rings. The molecule has 1 amide bonds. The number of nitrogens with one attached hydrogen (secondary N) is 1. The molecule has 0 spiro atoms. The minimum Gasteiger partial charge on any atom is -0.383 e. The molecular formula is C13H23N5O3. The Hall–Kier alpha value is -2.25. The molecule has 0 bridgehead atoms. The van der Waals surface area contributed by atoms with E-state index in [0.29, 0.717) is 6.54 Å². The first-order valence-electron chi connectivity index (χ1n) is 6.83. The summed E-state index contributed by atoms with van der Waals surface area (Å²) in [5, 5.41) is 0. The van der Waals surface area contributed by atoms with Gasteiger partial charge in [0.25, 0.3) is 5.56 Å². The Morgan fingerprint density at radius 2 is 1.90 bits per heavy atom. The van der Waals surface area contributed by atoms with Gasteiger partial charge in [0.1, 0.15) is 11.5 Å². The van der Waals surface area contributed by atoms with Crippen molar-refractivity contribution in [3.63, 3.8) is 0 Å². The average Bonchev–Trinajstić information content (AvgIpc) is 2.37. The number of hydrogen-bond donors (Lipinski definition) is 2. The second-order valence-electron chi connectivity index (χ2n) is 5.14. The van der Waals surface area contributed by atoms with Crippen molar-refractivity contribution in [2.75, 3.05) is 38.3 Å². The lowest BCUT2D eigenvalue weighted by molar-refractivity contribution is -0.127. The van der Waals surface area contributed by atoms with Crippen LogP contribution in [0.4, 0.5) is 11.5 Å². The number of likely N-dealkylation sites (N-methyl/N-ethyl adjacent to an activating group) is 2. The van der Waals surface area contributed by atoms with Crippen LogP contribution < -0.4 is 21.9 Å². The molecule has 8 heteroatoms. The molecule has 0 aromatic carbocycles. The van der Waals surface area contributed by atoms with E-state index in [0.717, 1.165) is 12.8 Å². The van der Waals surface area contributed by atoms with E-state index in [9.17, 15) is 14.4 Å². The smallest absolute Gasteiger partial charge is 0.330 e. The largest absolute Gasteiger partial charge is 0.383 e. The lowest BCUT2D eigenvalue weighted by atomic mass is 10.3. The number of nitrogens with two attached hydrogens (primary N) is 1. The molecule has 1 rings (SSSR count). The van der Waals surface area contributed by atoms with Crippen LogP contribution >= 0.6 is 0 Å². The lowest BCUT2D eigenvalue weighted by Gasteiger charge is -2.22. The van der Waals surface area contributed by atoms with Crippen LogP contribution in [0.15, 0.2) is 9.59 Å². The van der Waals surface area contributed by atoms with Crippen LogP contribution in [0, 0.1) is 0 Å². The monoisotopic (exact) mass is 297 g/mol. The molecule has 1 aromatic heterocycles. The Morgan fingerprint density at radius 1 is 1.29 bits per heavy atom. The van der Waals surface area contributed by atoms with Crippen molar-refractivity contribution in [3.05, 3.63) is 20.8 Å². The molecule has 8 nitrogen and oxygen atoms in total. The van der Waals surface area contributed by atoms with Gasteiger partial charge in [-0.1, -0.05) is 13.3 Å². The SMILES string of the molecule is CCCCn1c(N)c(N(C)CC(=O)N(C)C)c(=O)[nH]c1=O. The number of carbonyl (C=O) groups is 1. The molecule has 0 radical (unpaired) electrons. The molecular weight excluding hydrogens is 274 g/mol. The summed E-state index contributed by atoms with van der Waals surface area (Å²) in [6.45, 7) is 2.43. The Labute approximate surface area is 123 Å². The molecule has 0 aliphatic rings. The van der Waals surface area contributed by atoms with E-state index in [4.69, 9.17) is 5.73 Å². The van der Waals surface area contributed by atoms with Crippen molar-refractivity contribution < 1.29 is 4.79 Å². The maximum atomic E-state index is 12.0. The molecule has 118 valence electrons. The number of nitrogens with zero attached hydrogens (tertiary/aromatic N) is 3. The summed E-state index contributed by atoms with van der Waals surface area (Å²) in [5.41, 5.74) is 4.98. The minimum atomic E-state index is -0.584. The second-order valence-corrected chi connectivity index (χ2v) is 5.14. The van der Waals surface area contributed by atoms with Gasteiger partial charge in [-0.2, -0.15) is 0 Å². The van der Waals surface area contributed by atoms with Gasteiger partial charge in [0.2, 0.25) is 5.91 Å². The van der Waals surface area contributed by atoms with E-state index >= 15 is 0 Å². The first-order chi connectivity index (χ1) is 9.79. The van der Waals surface area contributed by atoms with E-state index in [-0.39, 0.29) is 24.0 Å². The first kappa shape index (κ1) is 16.8. The highest BCUT2D eigenvalue weighted by molar-refractivity contribution is 5.82. The van der Waals surface area contributed by atoms with Crippen LogP contribution in [0.1, 0.15) is 19.8 Å². The lowest BCUT2D eigenvalue weighted by Crippen LogP contribution is -2.41. The van der Waals surface area contributed by atoms with Crippen molar-refractivity contribution in [2.45, 2.75) is 26.3 Å². The third kappa shape index (κ3) is 3.87. The van der Waals surface area contributed by atoms with Crippen LogP contribution in [0.5, 0.6) is 0 Å². The number of anilines is 2. The van der Waals surface area contributed by atoms with Gasteiger partial charge in [-0.25, -0.2) is 4.79 Å². The van der Waals surface area contributed by atoms with Crippen LogP contribution in [-0.4, -0.2) is 48.0 Å². The fourth-order valence-corrected chi connectivity index (χ4v) is 1.91. The summed E-state index contributed by atoms with van der Waals surface area (Å²) in [4.78, 5) is 40.6. The number of aromatic amines is 1. The number of nitrogen functional groups attached to an aromatic ring is 1. The van der Waals surface area contributed by atoms with Crippen LogP contribution in [0.2, 0.25) is 0 Å². The highest BCUT2D eigenvalue weighted by Crippen LogP contribution is 2.15. The molecule has 0 atom stereocenters. The van der Waals surface area contributed by atoms with Crippen molar-refractivity contribution >= 4 is 17.4 Å². The molecule has 0 aliphatic heterocycles. The average molecular weight is 297 g/mol. The molecule has 3 N–H and O–H groups in total. The summed E-state index contributed by atoms with van der Waals surface area (Å²) >= 11 is 0. The van der Waals surface area contributed by atoms with E-state index in [2.05, 4.69) is 4.98 Å². The maximum absolute atomic E-state index is 12.0. The summed E-state index contributed by atoms with van der Waals surface area (Å²) in [5.74, 6) is -0.0751. The predicted octanol–water partition coefficient (Wildman–Crippen LogP) is -0.557. The van der Waals surface area contributed by atoms with E-state index in [1.165, 1.54) is 14.4 Å². The van der Waals surface area contributed by atoms with Crippen molar-refractivity contribution in [2.24, 2.45) is 0 Å². The van der Waals surface area contributed by atoms with Crippen molar-refractivity contribution in [1.82, 2.24) is 14.5 Å². The highest BCUT2D eigenvalue weighted by atomic mass is 16.2. The topological polar surface area (TPSA) is 104 Å². The molecule has 1 heterocycles. The quantitative estimate of drug-likeness (QED) is 0.732. The molecule has 0 unspecified atom stereocenters.